The van der Waals surface area contributed by atoms with Gasteiger partial charge in [-0.15, -0.1) is 11.3 Å². The third-order valence-corrected chi connectivity index (χ3v) is 6.49. The van der Waals surface area contributed by atoms with Gasteiger partial charge in [-0.25, -0.2) is 8.42 Å². The van der Waals surface area contributed by atoms with Crippen molar-refractivity contribution in [2.24, 2.45) is 5.73 Å². The van der Waals surface area contributed by atoms with Crippen molar-refractivity contribution in [3.8, 4) is 0 Å². The van der Waals surface area contributed by atoms with Crippen LogP contribution in [0.2, 0.25) is 0 Å². The van der Waals surface area contributed by atoms with Crippen LogP contribution in [0.4, 0.5) is 11.4 Å². The molecule has 0 saturated heterocycles. The number of rotatable bonds is 5. The van der Waals surface area contributed by atoms with E-state index >= 15 is 0 Å². The van der Waals surface area contributed by atoms with Crippen LogP contribution in [0.25, 0.3) is 0 Å². The summed E-state index contributed by atoms with van der Waals surface area (Å²) in [5.41, 5.74) is 7.06. The largest absolute Gasteiger partial charge is 0.378 e. The summed E-state index contributed by atoms with van der Waals surface area (Å²) in [4.78, 5) is 2.97. The maximum atomic E-state index is 12.4. The Morgan fingerprint density at radius 1 is 1.29 bits per heavy atom. The minimum Gasteiger partial charge on any atom is -0.378 e. The highest BCUT2D eigenvalue weighted by molar-refractivity contribution is 9.11. The number of halogens is 1. The van der Waals surface area contributed by atoms with Crippen LogP contribution in [-0.4, -0.2) is 22.5 Å². The molecule has 3 N–H and O–H groups in total. The molecule has 0 aliphatic carbocycles. The number of hydrogen-bond acceptors (Lipinski definition) is 5. The number of thiophene rings is 1. The van der Waals surface area contributed by atoms with E-state index in [2.05, 4.69) is 20.7 Å². The van der Waals surface area contributed by atoms with Crippen molar-refractivity contribution >= 4 is 48.7 Å². The molecule has 114 valence electrons. The van der Waals surface area contributed by atoms with E-state index in [9.17, 15) is 8.42 Å². The minimum atomic E-state index is -3.62. The Balaban J connectivity index is 2.26. The monoisotopic (exact) mass is 389 g/mol. The molecule has 0 radical (unpaired) electrons. The van der Waals surface area contributed by atoms with Crippen LogP contribution >= 0.6 is 27.3 Å². The van der Waals surface area contributed by atoms with E-state index in [1.165, 1.54) is 11.3 Å². The zero-order valence-electron chi connectivity index (χ0n) is 11.6. The molecule has 0 spiro atoms. The van der Waals surface area contributed by atoms with Gasteiger partial charge in [0.05, 0.1) is 3.79 Å². The second-order valence-corrected chi connectivity index (χ2v) is 8.71. The van der Waals surface area contributed by atoms with Gasteiger partial charge in [-0.2, -0.15) is 0 Å². The molecule has 8 heteroatoms. The predicted octanol–water partition coefficient (Wildman–Crippen LogP) is 2.84. The quantitative estimate of drug-likeness (QED) is 0.823. The average molecular weight is 390 g/mol. The van der Waals surface area contributed by atoms with Crippen molar-refractivity contribution in [1.29, 1.82) is 0 Å². The Morgan fingerprint density at radius 3 is 2.38 bits per heavy atom. The van der Waals surface area contributed by atoms with Gasteiger partial charge in [0.2, 0.25) is 0 Å². The number of anilines is 2. The molecule has 5 nitrogen and oxygen atoms in total. The van der Waals surface area contributed by atoms with Crippen molar-refractivity contribution in [2.75, 3.05) is 23.7 Å². The summed E-state index contributed by atoms with van der Waals surface area (Å²) in [7, 11) is 0.231. The van der Waals surface area contributed by atoms with Crippen LogP contribution in [0, 0.1) is 0 Å². The first-order chi connectivity index (χ1) is 9.83. The lowest BCUT2D eigenvalue weighted by atomic mass is 10.3. The molecule has 0 fully saturated rings. The highest BCUT2D eigenvalue weighted by Gasteiger charge is 2.20. The predicted molar refractivity (Wildman–Crippen MR) is 91.5 cm³/mol. The molecule has 0 bridgehead atoms. The molecule has 21 heavy (non-hydrogen) atoms. The lowest BCUT2D eigenvalue weighted by Crippen LogP contribution is -2.13. The Hall–Kier alpha value is -1.09. The number of benzene rings is 1. The fourth-order valence-electron chi connectivity index (χ4n) is 1.72. The number of nitrogens with one attached hydrogen (secondary N) is 1. The molecule has 0 atom stereocenters. The molecule has 0 unspecified atom stereocenters. The number of sulfonamides is 1. The van der Waals surface area contributed by atoms with Gasteiger partial charge in [-0.1, -0.05) is 0 Å². The van der Waals surface area contributed by atoms with Crippen LogP contribution in [0.5, 0.6) is 0 Å². The molecule has 2 rings (SSSR count). The van der Waals surface area contributed by atoms with Gasteiger partial charge in [-0.3, -0.25) is 4.72 Å². The molecule has 2 aromatic rings. The fourth-order valence-corrected chi connectivity index (χ4v) is 5.34. The second kappa shape index (κ2) is 6.35. The van der Waals surface area contributed by atoms with Crippen molar-refractivity contribution in [3.63, 3.8) is 0 Å². The van der Waals surface area contributed by atoms with E-state index in [0.29, 0.717) is 16.0 Å². The summed E-state index contributed by atoms with van der Waals surface area (Å²) in [6.07, 6.45) is 0. The van der Waals surface area contributed by atoms with E-state index < -0.39 is 10.0 Å². The molecule has 0 amide bonds. The molecule has 0 saturated carbocycles. The molecule has 0 aliphatic heterocycles. The second-order valence-electron chi connectivity index (χ2n) is 4.60. The normalized spacial score (nSPS) is 11.4. The smallest absolute Gasteiger partial charge is 0.263 e. The zero-order chi connectivity index (χ0) is 15.6. The molecule has 1 aromatic carbocycles. The van der Waals surface area contributed by atoms with E-state index in [1.54, 1.807) is 18.2 Å². The molecular formula is C13H16BrN3O2S2. The SMILES string of the molecule is CN(C)c1ccc(NS(=O)(=O)c2cc(CN)sc2Br)cc1. The number of nitrogens with zero attached hydrogens (tertiary/aromatic N) is 1. The lowest BCUT2D eigenvalue weighted by molar-refractivity contribution is 0.601. The number of hydrogen-bond donors (Lipinski definition) is 2. The van der Waals surface area contributed by atoms with Gasteiger partial charge in [0.25, 0.3) is 10.0 Å². The van der Waals surface area contributed by atoms with E-state index in [0.717, 1.165) is 10.6 Å². The van der Waals surface area contributed by atoms with Crippen molar-refractivity contribution in [3.05, 3.63) is 39.0 Å². The summed E-state index contributed by atoms with van der Waals surface area (Å²) in [5.74, 6) is 0. The lowest BCUT2D eigenvalue weighted by Gasteiger charge is -2.13. The number of nitrogens with two attached hydrogens (primary N) is 1. The Kier molecular flexibility index (Phi) is 4.92. The molecule has 0 aliphatic rings. The van der Waals surface area contributed by atoms with Gasteiger partial charge in [0.15, 0.2) is 0 Å². The van der Waals surface area contributed by atoms with Crippen LogP contribution in [0.3, 0.4) is 0 Å². The van der Waals surface area contributed by atoms with E-state index in [4.69, 9.17) is 5.73 Å². The van der Waals surface area contributed by atoms with Gasteiger partial charge in [0, 0.05) is 36.9 Å². The van der Waals surface area contributed by atoms with Crippen LogP contribution in [0.15, 0.2) is 39.0 Å². The highest BCUT2D eigenvalue weighted by Crippen LogP contribution is 2.32. The maximum Gasteiger partial charge on any atom is 0.263 e. The minimum absolute atomic E-state index is 0.213. The first-order valence-electron chi connectivity index (χ1n) is 6.12. The van der Waals surface area contributed by atoms with Crippen LogP contribution in [0.1, 0.15) is 4.88 Å². The summed E-state index contributed by atoms with van der Waals surface area (Å²) in [6, 6.07) is 8.76. The summed E-state index contributed by atoms with van der Waals surface area (Å²) >= 11 is 4.60. The molecule has 1 aromatic heterocycles. The van der Waals surface area contributed by atoms with Crippen LogP contribution in [-0.2, 0) is 16.6 Å². The summed E-state index contributed by atoms with van der Waals surface area (Å²) < 4.78 is 27.9. The van der Waals surface area contributed by atoms with Crippen molar-refractivity contribution in [2.45, 2.75) is 11.4 Å². The summed E-state index contributed by atoms with van der Waals surface area (Å²) in [5, 5.41) is 0. The Bertz CT molecular complexity index is 724. The van der Waals surface area contributed by atoms with Crippen molar-refractivity contribution < 1.29 is 8.42 Å². The fraction of sp³-hybridized carbons (Fsp3) is 0.231. The van der Waals surface area contributed by atoms with Gasteiger partial charge >= 0.3 is 0 Å². The maximum absolute atomic E-state index is 12.4. The Labute approximate surface area is 137 Å². The van der Waals surface area contributed by atoms with Crippen molar-refractivity contribution in [1.82, 2.24) is 0 Å². The zero-order valence-corrected chi connectivity index (χ0v) is 14.8. The highest BCUT2D eigenvalue weighted by atomic mass is 79.9. The standard InChI is InChI=1S/C13H16BrN3O2S2/c1-17(2)10-5-3-9(4-6-10)16-21(18,19)12-7-11(8-15)20-13(12)14/h3-7,16H,8,15H2,1-2H3. The van der Waals surface area contributed by atoms with E-state index in [1.807, 2.05) is 31.1 Å². The van der Waals surface area contributed by atoms with Gasteiger partial charge < -0.3 is 10.6 Å². The topological polar surface area (TPSA) is 75.4 Å². The van der Waals surface area contributed by atoms with E-state index in [-0.39, 0.29) is 4.90 Å². The van der Waals surface area contributed by atoms with Crippen LogP contribution < -0.4 is 15.4 Å². The van der Waals surface area contributed by atoms with Gasteiger partial charge in [0.1, 0.15) is 4.90 Å². The first kappa shape index (κ1) is 16.3. The first-order valence-corrected chi connectivity index (χ1v) is 9.21. The third kappa shape index (κ3) is 3.76. The summed E-state index contributed by atoms with van der Waals surface area (Å²) in [6.45, 7) is 0.316. The Morgan fingerprint density at radius 2 is 1.90 bits per heavy atom. The molecular weight excluding hydrogens is 374 g/mol. The van der Waals surface area contributed by atoms with Gasteiger partial charge in [-0.05, 0) is 46.3 Å². The molecule has 1 heterocycles. The third-order valence-electron chi connectivity index (χ3n) is 2.83. The average Bonchev–Trinajstić information content (AvgIpc) is 2.81.